The van der Waals surface area contributed by atoms with E-state index in [-0.39, 0.29) is 11.4 Å². The number of para-hydroxylation sites is 2. The molecule has 0 bridgehead atoms. The first-order valence-electron chi connectivity index (χ1n) is 10.7. The highest BCUT2D eigenvalue weighted by Crippen LogP contribution is 2.27. The summed E-state index contributed by atoms with van der Waals surface area (Å²) in [5.41, 5.74) is 1.68. The molecule has 3 aromatic heterocycles. The lowest BCUT2D eigenvalue weighted by Gasteiger charge is -2.27. The minimum atomic E-state index is -0.744. The Morgan fingerprint density at radius 1 is 1.12 bits per heavy atom. The molecule has 32 heavy (non-hydrogen) atoms. The Balaban J connectivity index is 1.62. The van der Waals surface area contributed by atoms with Crippen molar-refractivity contribution in [3.63, 3.8) is 0 Å². The van der Waals surface area contributed by atoms with Crippen molar-refractivity contribution in [3.05, 3.63) is 46.8 Å². The first kappa shape index (κ1) is 20.8. The van der Waals surface area contributed by atoms with Crippen LogP contribution in [0.25, 0.3) is 28.1 Å². The summed E-state index contributed by atoms with van der Waals surface area (Å²) in [6.45, 7) is 8.18. The molecule has 10 nitrogen and oxygen atoms in total. The SMILES string of the molecule is COC(C)(C)c1nc(-c2ncn3c2c(=O)n(CCN2CCOCC2)c2ccccc23)no1. The number of hydrogen-bond acceptors (Lipinski definition) is 8. The van der Waals surface area contributed by atoms with Crippen LogP contribution in [0.5, 0.6) is 0 Å². The average molecular weight is 438 g/mol. The summed E-state index contributed by atoms with van der Waals surface area (Å²) < 4.78 is 19.9. The van der Waals surface area contributed by atoms with Crippen molar-refractivity contribution in [1.82, 2.24) is 29.0 Å². The summed E-state index contributed by atoms with van der Waals surface area (Å²) in [5.74, 6) is 0.587. The Morgan fingerprint density at radius 3 is 2.62 bits per heavy atom. The standard InChI is InChI=1S/C22H26N6O4/c1-22(2,30-3)21-24-19(25-32-21)17-18-20(29)27(9-8-26-10-12-31-13-11-26)15-6-4-5-7-16(15)28(18)14-23-17/h4-7,14H,8-13H2,1-3H3. The van der Waals surface area contributed by atoms with Crippen LogP contribution >= 0.6 is 0 Å². The van der Waals surface area contributed by atoms with E-state index in [0.717, 1.165) is 43.9 Å². The number of methoxy groups -OCH3 is 1. The predicted molar refractivity (Wildman–Crippen MR) is 118 cm³/mol. The molecule has 10 heteroatoms. The van der Waals surface area contributed by atoms with Gasteiger partial charge in [-0.2, -0.15) is 4.98 Å². The second-order valence-electron chi connectivity index (χ2n) is 8.35. The predicted octanol–water partition coefficient (Wildman–Crippen LogP) is 1.91. The summed E-state index contributed by atoms with van der Waals surface area (Å²) >= 11 is 0. The summed E-state index contributed by atoms with van der Waals surface area (Å²) in [5, 5.41) is 4.08. The normalized spacial score (nSPS) is 15.7. The molecule has 1 aliphatic heterocycles. The molecule has 1 aliphatic rings. The third kappa shape index (κ3) is 3.50. The average Bonchev–Trinajstić information content (AvgIpc) is 3.48. The van der Waals surface area contributed by atoms with E-state index in [1.54, 1.807) is 17.8 Å². The second kappa shape index (κ2) is 8.12. The molecular weight excluding hydrogens is 412 g/mol. The van der Waals surface area contributed by atoms with Crippen LogP contribution in [0.15, 0.2) is 39.9 Å². The van der Waals surface area contributed by atoms with E-state index in [2.05, 4.69) is 20.0 Å². The lowest BCUT2D eigenvalue weighted by Crippen LogP contribution is -2.39. The fraction of sp³-hybridized carbons (Fsp3) is 0.455. The molecule has 0 radical (unpaired) electrons. The number of fused-ring (bicyclic) bond motifs is 3. The quantitative estimate of drug-likeness (QED) is 0.450. The lowest BCUT2D eigenvalue weighted by molar-refractivity contribution is -0.00786. The molecule has 5 rings (SSSR count). The maximum atomic E-state index is 13.7. The Hall–Kier alpha value is -3.08. The highest BCUT2D eigenvalue weighted by Gasteiger charge is 2.29. The number of nitrogens with zero attached hydrogens (tertiary/aromatic N) is 6. The number of rotatable bonds is 6. The van der Waals surface area contributed by atoms with Gasteiger partial charge < -0.3 is 18.6 Å². The summed E-state index contributed by atoms with van der Waals surface area (Å²) in [7, 11) is 1.58. The molecule has 0 aliphatic carbocycles. The molecule has 168 valence electrons. The van der Waals surface area contributed by atoms with Gasteiger partial charge >= 0.3 is 0 Å². The molecule has 1 aromatic carbocycles. The number of aromatic nitrogens is 5. The fourth-order valence-electron chi connectivity index (χ4n) is 3.97. The van der Waals surface area contributed by atoms with Gasteiger partial charge in [0.25, 0.3) is 11.4 Å². The van der Waals surface area contributed by atoms with Crippen LogP contribution in [0.2, 0.25) is 0 Å². The minimum absolute atomic E-state index is 0.137. The van der Waals surface area contributed by atoms with E-state index in [4.69, 9.17) is 14.0 Å². The monoisotopic (exact) mass is 438 g/mol. The van der Waals surface area contributed by atoms with Crippen LogP contribution in [0, 0.1) is 0 Å². The van der Waals surface area contributed by atoms with Gasteiger partial charge in [-0.05, 0) is 26.0 Å². The largest absolute Gasteiger partial charge is 0.379 e. The Morgan fingerprint density at radius 2 is 1.88 bits per heavy atom. The summed E-state index contributed by atoms with van der Waals surface area (Å²) in [4.78, 5) is 24.9. The van der Waals surface area contributed by atoms with Gasteiger partial charge in [0.2, 0.25) is 5.82 Å². The summed E-state index contributed by atoms with van der Waals surface area (Å²) in [6.07, 6.45) is 1.64. The second-order valence-corrected chi connectivity index (χ2v) is 8.35. The molecule has 0 atom stereocenters. The number of benzene rings is 1. The van der Waals surface area contributed by atoms with Crippen molar-refractivity contribution in [2.24, 2.45) is 0 Å². The van der Waals surface area contributed by atoms with E-state index in [0.29, 0.717) is 23.6 Å². The van der Waals surface area contributed by atoms with Crippen molar-refractivity contribution < 1.29 is 14.0 Å². The van der Waals surface area contributed by atoms with Gasteiger partial charge in [0, 0.05) is 33.3 Å². The Kier molecular flexibility index (Phi) is 5.28. The lowest BCUT2D eigenvalue weighted by atomic mass is 10.1. The van der Waals surface area contributed by atoms with Gasteiger partial charge in [-0.25, -0.2) is 4.98 Å². The van der Waals surface area contributed by atoms with Crippen molar-refractivity contribution >= 4 is 16.6 Å². The minimum Gasteiger partial charge on any atom is -0.379 e. The molecular formula is C22H26N6O4. The maximum Gasteiger partial charge on any atom is 0.277 e. The number of morpholine rings is 1. The molecule has 1 fully saturated rings. The van der Waals surface area contributed by atoms with Crippen LogP contribution in [0.1, 0.15) is 19.7 Å². The number of imidazole rings is 1. The van der Waals surface area contributed by atoms with E-state index < -0.39 is 5.60 Å². The molecule has 4 heterocycles. The maximum absolute atomic E-state index is 13.7. The van der Waals surface area contributed by atoms with Gasteiger partial charge in [-0.15, -0.1) is 0 Å². The Bertz CT molecular complexity index is 1320. The molecule has 0 saturated carbocycles. The third-order valence-corrected chi connectivity index (χ3v) is 6.05. The van der Waals surface area contributed by atoms with Crippen molar-refractivity contribution in [3.8, 4) is 11.5 Å². The van der Waals surface area contributed by atoms with Gasteiger partial charge in [0.05, 0.1) is 24.2 Å². The molecule has 4 aromatic rings. The highest BCUT2D eigenvalue weighted by atomic mass is 16.5. The molecule has 0 N–H and O–H groups in total. The first-order chi connectivity index (χ1) is 15.5. The van der Waals surface area contributed by atoms with Crippen molar-refractivity contribution in [1.29, 1.82) is 0 Å². The zero-order chi connectivity index (χ0) is 22.3. The van der Waals surface area contributed by atoms with Crippen LogP contribution in [0.4, 0.5) is 0 Å². The molecule has 0 spiro atoms. The zero-order valence-electron chi connectivity index (χ0n) is 18.4. The van der Waals surface area contributed by atoms with E-state index in [1.165, 1.54) is 0 Å². The van der Waals surface area contributed by atoms with Gasteiger partial charge in [-0.3, -0.25) is 14.1 Å². The zero-order valence-corrected chi connectivity index (χ0v) is 18.4. The molecule has 0 unspecified atom stereocenters. The topological polar surface area (TPSA) is 99.9 Å². The fourth-order valence-corrected chi connectivity index (χ4v) is 3.97. The van der Waals surface area contributed by atoms with E-state index in [1.807, 2.05) is 42.7 Å². The number of hydrogen-bond donors (Lipinski definition) is 0. The molecule has 1 saturated heterocycles. The summed E-state index contributed by atoms with van der Waals surface area (Å²) in [6, 6.07) is 7.83. The van der Waals surface area contributed by atoms with E-state index in [9.17, 15) is 4.79 Å². The van der Waals surface area contributed by atoms with Gasteiger partial charge in [-0.1, -0.05) is 17.3 Å². The number of ether oxygens (including phenoxy) is 2. The van der Waals surface area contributed by atoms with Gasteiger partial charge in [0.1, 0.15) is 23.1 Å². The van der Waals surface area contributed by atoms with Crippen LogP contribution < -0.4 is 5.56 Å². The first-order valence-corrected chi connectivity index (χ1v) is 10.7. The van der Waals surface area contributed by atoms with Crippen molar-refractivity contribution in [2.45, 2.75) is 26.0 Å². The van der Waals surface area contributed by atoms with Crippen molar-refractivity contribution in [2.75, 3.05) is 40.0 Å². The van der Waals surface area contributed by atoms with Crippen LogP contribution in [0.3, 0.4) is 0 Å². The van der Waals surface area contributed by atoms with Crippen LogP contribution in [-0.2, 0) is 21.6 Å². The van der Waals surface area contributed by atoms with Gasteiger partial charge in [0.15, 0.2) is 0 Å². The third-order valence-electron chi connectivity index (χ3n) is 6.05. The molecule has 0 amide bonds. The highest BCUT2D eigenvalue weighted by molar-refractivity contribution is 5.83. The van der Waals surface area contributed by atoms with Crippen LogP contribution in [-0.4, -0.2) is 69.0 Å². The Labute approximate surface area is 184 Å². The smallest absolute Gasteiger partial charge is 0.277 e. The van der Waals surface area contributed by atoms with E-state index >= 15 is 0 Å².